The highest BCUT2D eigenvalue weighted by atomic mass is 19.1. The van der Waals surface area contributed by atoms with Crippen molar-refractivity contribution in [3.05, 3.63) is 42.2 Å². The van der Waals surface area contributed by atoms with E-state index < -0.39 is 5.82 Å². The summed E-state index contributed by atoms with van der Waals surface area (Å²) in [5.41, 5.74) is 5.75. The van der Waals surface area contributed by atoms with E-state index in [0.29, 0.717) is 5.82 Å². The number of anilines is 1. The van der Waals surface area contributed by atoms with Gasteiger partial charge in [0.2, 0.25) is 5.91 Å². The Labute approximate surface area is 109 Å². The van der Waals surface area contributed by atoms with Crippen molar-refractivity contribution in [1.82, 2.24) is 14.8 Å². The van der Waals surface area contributed by atoms with E-state index in [2.05, 4.69) is 15.4 Å². The number of benzene rings is 1. The Morgan fingerprint density at radius 2 is 2.26 bits per heavy atom. The number of hydrogen-bond donors (Lipinski definition) is 2. The van der Waals surface area contributed by atoms with Gasteiger partial charge in [0.25, 0.3) is 0 Å². The quantitative estimate of drug-likeness (QED) is 0.864. The van der Waals surface area contributed by atoms with Crippen molar-refractivity contribution in [2.24, 2.45) is 5.73 Å². The maximum atomic E-state index is 13.3. The topological polar surface area (TPSA) is 85.8 Å². The van der Waals surface area contributed by atoms with Gasteiger partial charge < -0.3 is 11.1 Å². The van der Waals surface area contributed by atoms with Gasteiger partial charge in [-0.15, -0.1) is 0 Å². The van der Waals surface area contributed by atoms with E-state index in [0.717, 1.165) is 0 Å². The number of amides is 1. The van der Waals surface area contributed by atoms with Crippen LogP contribution in [0.5, 0.6) is 0 Å². The van der Waals surface area contributed by atoms with E-state index in [1.54, 1.807) is 19.1 Å². The molecule has 0 aliphatic carbocycles. The molecular weight excluding hydrogens is 249 g/mol. The van der Waals surface area contributed by atoms with Crippen LogP contribution < -0.4 is 11.1 Å². The molecule has 6 nitrogen and oxygen atoms in total. The number of aromatic nitrogens is 3. The summed E-state index contributed by atoms with van der Waals surface area (Å²) < 4.78 is 14.7. The van der Waals surface area contributed by atoms with Gasteiger partial charge in [0.1, 0.15) is 18.7 Å². The molecule has 3 N–H and O–H groups in total. The lowest BCUT2D eigenvalue weighted by Gasteiger charge is -2.05. The van der Waals surface area contributed by atoms with E-state index in [-0.39, 0.29) is 24.2 Å². The van der Waals surface area contributed by atoms with Crippen LogP contribution >= 0.6 is 0 Å². The molecule has 0 saturated heterocycles. The molecule has 1 aromatic carbocycles. The average Bonchev–Trinajstić information content (AvgIpc) is 2.80. The maximum absolute atomic E-state index is 13.3. The smallest absolute Gasteiger partial charge is 0.246 e. The summed E-state index contributed by atoms with van der Waals surface area (Å²) in [6, 6.07) is 5.66. The van der Waals surface area contributed by atoms with Crippen LogP contribution in [0.3, 0.4) is 0 Å². The standard InChI is InChI=1S/C12H14FN5O/c1-8(14)12-15-7-18(17-12)6-11(19)16-10-5-3-2-4-9(10)13/h2-5,7-8H,6,14H2,1H3,(H,16,19). The average molecular weight is 263 g/mol. The summed E-state index contributed by atoms with van der Waals surface area (Å²) in [7, 11) is 0. The molecule has 1 unspecified atom stereocenters. The molecule has 2 aromatic rings. The molecule has 1 aromatic heterocycles. The normalized spacial score (nSPS) is 12.2. The van der Waals surface area contributed by atoms with E-state index in [4.69, 9.17) is 5.73 Å². The second-order valence-corrected chi connectivity index (χ2v) is 4.12. The molecule has 0 fully saturated rings. The predicted octanol–water partition coefficient (Wildman–Crippen LogP) is 1.08. The number of rotatable bonds is 4. The van der Waals surface area contributed by atoms with Crippen LogP contribution in [-0.2, 0) is 11.3 Å². The number of para-hydroxylation sites is 1. The zero-order valence-corrected chi connectivity index (χ0v) is 10.4. The highest BCUT2D eigenvalue weighted by Crippen LogP contribution is 2.12. The minimum absolute atomic E-state index is 0.0476. The van der Waals surface area contributed by atoms with Gasteiger partial charge in [-0.25, -0.2) is 14.1 Å². The van der Waals surface area contributed by atoms with Gasteiger partial charge in [-0.3, -0.25) is 4.79 Å². The summed E-state index contributed by atoms with van der Waals surface area (Å²) in [4.78, 5) is 15.7. The first kappa shape index (κ1) is 13.2. The second kappa shape index (κ2) is 5.57. The van der Waals surface area contributed by atoms with Crippen LogP contribution in [-0.4, -0.2) is 20.7 Å². The molecule has 1 atom stereocenters. The molecule has 19 heavy (non-hydrogen) atoms. The Morgan fingerprint density at radius 3 is 2.89 bits per heavy atom. The number of hydrogen-bond acceptors (Lipinski definition) is 4. The van der Waals surface area contributed by atoms with Crippen molar-refractivity contribution in [3.63, 3.8) is 0 Å². The summed E-state index contributed by atoms with van der Waals surface area (Å²) >= 11 is 0. The molecule has 100 valence electrons. The molecule has 2 rings (SSSR count). The summed E-state index contributed by atoms with van der Waals surface area (Å²) in [5.74, 6) is -0.407. The molecule has 7 heteroatoms. The van der Waals surface area contributed by atoms with Gasteiger partial charge in [0.15, 0.2) is 5.82 Å². The fourth-order valence-corrected chi connectivity index (χ4v) is 1.49. The van der Waals surface area contributed by atoms with Crippen molar-refractivity contribution in [1.29, 1.82) is 0 Å². The van der Waals surface area contributed by atoms with Crippen LogP contribution in [0.2, 0.25) is 0 Å². The first-order valence-corrected chi connectivity index (χ1v) is 5.75. The molecule has 0 aliphatic rings. The van der Waals surface area contributed by atoms with Crippen molar-refractivity contribution >= 4 is 11.6 Å². The Kier molecular flexibility index (Phi) is 3.86. The molecule has 0 saturated carbocycles. The molecular formula is C12H14FN5O. The third-order valence-corrected chi connectivity index (χ3v) is 2.42. The van der Waals surface area contributed by atoms with Crippen LogP contribution in [0.25, 0.3) is 0 Å². The lowest BCUT2D eigenvalue weighted by Crippen LogP contribution is -2.20. The fraction of sp³-hybridized carbons (Fsp3) is 0.250. The van der Waals surface area contributed by atoms with Crippen LogP contribution in [0.15, 0.2) is 30.6 Å². The maximum Gasteiger partial charge on any atom is 0.246 e. The third kappa shape index (κ3) is 3.35. The minimum Gasteiger partial charge on any atom is -0.322 e. The van der Waals surface area contributed by atoms with E-state index in [1.165, 1.54) is 23.1 Å². The molecule has 0 spiro atoms. The number of nitrogens with zero attached hydrogens (tertiary/aromatic N) is 3. The Balaban J connectivity index is 1.99. The van der Waals surface area contributed by atoms with Crippen molar-refractivity contribution in [2.75, 3.05) is 5.32 Å². The highest BCUT2D eigenvalue weighted by molar-refractivity contribution is 5.90. The highest BCUT2D eigenvalue weighted by Gasteiger charge is 2.10. The summed E-state index contributed by atoms with van der Waals surface area (Å²) in [6.07, 6.45) is 1.42. The largest absolute Gasteiger partial charge is 0.322 e. The van der Waals surface area contributed by atoms with E-state index >= 15 is 0 Å². The lowest BCUT2D eigenvalue weighted by atomic mass is 10.3. The zero-order valence-electron chi connectivity index (χ0n) is 10.4. The number of carbonyl (C=O) groups is 1. The summed E-state index contributed by atoms with van der Waals surface area (Å²) in [6.45, 7) is 1.70. The Bertz CT molecular complexity index is 581. The first-order chi connectivity index (χ1) is 9.06. The molecule has 0 bridgehead atoms. The number of nitrogens with one attached hydrogen (secondary N) is 1. The fourth-order valence-electron chi connectivity index (χ4n) is 1.49. The van der Waals surface area contributed by atoms with Gasteiger partial charge in [-0.1, -0.05) is 12.1 Å². The van der Waals surface area contributed by atoms with Crippen LogP contribution in [0.4, 0.5) is 10.1 Å². The molecule has 0 radical (unpaired) electrons. The third-order valence-electron chi connectivity index (χ3n) is 2.42. The van der Waals surface area contributed by atoms with Gasteiger partial charge in [-0.05, 0) is 19.1 Å². The van der Waals surface area contributed by atoms with E-state index in [9.17, 15) is 9.18 Å². The Morgan fingerprint density at radius 1 is 1.53 bits per heavy atom. The van der Waals surface area contributed by atoms with Crippen molar-refractivity contribution in [2.45, 2.75) is 19.5 Å². The molecule has 0 aliphatic heterocycles. The molecule has 1 heterocycles. The van der Waals surface area contributed by atoms with Gasteiger partial charge in [0.05, 0.1) is 11.7 Å². The number of nitrogens with two attached hydrogens (primary N) is 1. The monoisotopic (exact) mass is 263 g/mol. The molecule has 1 amide bonds. The first-order valence-electron chi connectivity index (χ1n) is 5.75. The van der Waals surface area contributed by atoms with Crippen molar-refractivity contribution < 1.29 is 9.18 Å². The minimum atomic E-state index is -0.481. The van der Waals surface area contributed by atoms with E-state index in [1.807, 2.05) is 0 Å². The number of halogens is 1. The second-order valence-electron chi connectivity index (χ2n) is 4.12. The SMILES string of the molecule is CC(N)c1ncn(CC(=O)Nc2ccccc2F)n1. The van der Waals surface area contributed by atoms with Crippen LogP contribution in [0, 0.1) is 5.82 Å². The van der Waals surface area contributed by atoms with Gasteiger partial charge in [-0.2, -0.15) is 5.10 Å². The van der Waals surface area contributed by atoms with Crippen molar-refractivity contribution in [3.8, 4) is 0 Å². The van der Waals surface area contributed by atoms with Gasteiger partial charge >= 0.3 is 0 Å². The van der Waals surface area contributed by atoms with Crippen LogP contribution in [0.1, 0.15) is 18.8 Å². The lowest BCUT2D eigenvalue weighted by molar-refractivity contribution is -0.116. The predicted molar refractivity (Wildman–Crippen MR) is 67.7 cm³/mol. The summed E-state index contributed by atoms with van der Waals surface area (Å²) in [5, 5.41) is 6.50. The van der Waals surface area contributed by atoms with Gasteiger partial charge in [0, 0.05) is 0 Å². The number of carbonyl (C=O) groups excluding carboxylic acids is 1. The zero-order chi connectivity index (χ0) is 13.8. The Hall–Kier alpha value is -2.28.